The van der Waals surface area contributed by atoms with Crippen molar-refractivity contribution in [2.24, 2.45) is 0 Å². The highest BCUT2D eigenvalue weighted by molar-refractivity contribution is 5.98. The molecular weight excluding hydrogens is 1640 g/mol. The molecule has 626 valence electrons. The van der Waals surface area contributed by atoms with Crippen LogP contribution in [0.5, 0.6) is 0 Å². The van der Waals surface area contributed by atoms with Crippen LogP contribution in [0.25, 0.3) is 214 Å². The zero-order valence-corrected chi connectivity index (χ0v) is 71.3. The summed E-state index contributed by atoms with van der Waals surface area (Å²) in [5, 5.41) is 11.6. The van der Waals surface area contributed by atoms with Crippen LogP contribution in [-0.2, 0) is 0 Å². The molecular formula is C116H75FN16. The summed E-state index contributed by atoms with van der Waals surface area (Å²) in [4.78, 5) is 72.2. The molecule has 0 atom stereocenters. The lowest BCUT2D eigenvalue weighted by Crippen LogP contribution is -1.97. The van der Waals surface area contributed by atoms with Crippen LogP contribution in [0.1, 0.15) is 5.56 Å². The lowest BCUT2D eigenvalue weighted by Gasteiger charge is -2.12. The molecule has 0 spiro atoms. The Balaban J connectivity index is 0.000000124. The summed E-state index contributed by atoms with van der Waals surface area (Å²) in [7, 11) is 0. The molecule has 0 unspecified atom stereocenters. The number of nitriles is 1. The van der Waals surface area contributed by atoms with E-state index in [0.29, 0.717) is 57.2 Å². The Morgan fingerprint density at radius 3 is 0.797 bits per heavy atom. The van der Waals surface area contributed by atoms with Crippen LogP contribution < -0.4 is 0 Å². The van der Waals surface area contributed by atoms with Gasteiger partial charge in [-0.25, -0.2) is 49.2 Å². The maximum Gasteiger partial charge on any atom is 0.160 e. The van der Waals surface area contributed by atoms with Gasteiger partial charge in [0.25, 0.3) is 0 Å². The molecule has 22 rings (SSSR count). The van der Waals surface area contributed by atoms with Crippen molar-refractivity contribution in [3.8, 4) is 209 Å². The molecule has 0 saturated heterocycles. The van der Waals surface area contributed by atoms with E-state index < -0.39 is 5.82 Å². The number of pyridine rings is 9. The normalized spacial score (nSPS) is 10.9. The summed E-state index contributed by atoms with van der Waals surface area (Å²) >= 11 is 0. The van der Waals surface area contributed by atoms with E-state index in [0.717, 1.165) is 152 Å². The van der Waals surface area contributed by atoms with Gasteiger partial charge >= 0.3 is 0 Å². The Morgan fingerprint density at radius 2 is 0.474 bits per heavy atom. The van der Waals surface area contributed by atoms with Crippen molar-refractivity contribution >= 4 is 10.8 Å². The minimum atomic E-state index is -0.393. The second-order valence-electron chi connectivity index (χ2n) is 31.1. The van der Waals surface area contributed by atoms with Gasteiger partial charge in [-0.2, -0.15) is 5.26 Å². The molecule has 0 fully saturated rings. The van der Waals surface area contributed by atoms with E-state index in [1.165, 1.54) is 23.0 Å². The third-order valence-electron chi connectivity index (χ3n) is 22.3. The molecule has 12 aromatic heterocycles. The van der Waals surface area contributed by atoms with E-state index in [9.17, 15) is 9.65 Å². The van der Waals surface area contributed by atoms with Gasteiger partial charge in [0.05, 0.1) is 114 Å². The van der Waals surface area contributed by atoms with Crippen molar-refractivity contribution in [3.63, 3.8) is 0 Å². The molecule has 22 aromatic rings. The van der Waals surface area contributed by atoms with E-state index in [1.54, 1.807) is 24.5 Å². The number of nitrogens with zero attached hydrogens (tertiary/aromatic N) is 16. The van der Waals surface area contributed by atoms with E-state index in [4.69, 9.17) is 59.8 Å². The summed E-state index contributed by atoms with van der Waals surface area (Å²) in [6.45, 7) is 0. The van der Waals surface area contributed by atoms with Crippen molar-refractivity contribution in [2.75, 3.05) is 0 Å². The minimum Gasteiger partial charge on any atom is -0.255 e. The van der Waals surface area contributed by atoms with Crippen LogP contribution in [0.3, 0.4) is 0 Å². The molecule has 16 nitrogen and oxygen atoms in total. The lowest BCUT2D eigenvalue weighted by atomic mass is 9.97. The van der Waals surface area contributed by atoms with Gasteiger partial charge in [0, 0.05) is 81.1 Å². The fourth-order valence-electron chi connectivity index (χ4n) is 15.6. The van der Waals surface area contributed by atoms with Gasteiger partial charge in [0.1, 0.15) is 11.9 Å². The maximum absolute atomic E-state index is 13.6. The topological polar surface area (TPSA) is 217 Å². The van der Waals surface area contributed by atoms with E-state index in [1.807, 2.05) is 334 Å². The molecule has 0 aliphatic heterocycles. The summed E-state index contributed by atoms with van der Waals surface area (Å²) in [5.74, 6) is 1.58. The summed E-state index contributed by atoms with van der Waals surface area (Å²) < 4.78 is 13.6. The number of benzene rings is 10. The van der Waals surface area contributed by atoms with Crippen molar-refractivity contribution < 1.29 is 4.39 Å². The SMILES string of the molecule is Fc1ccc(-c2cc(-c3ccccc3)cc(-c3ccc(-c4cc(-c5ccccc5)nc(-c5ccccc5)n4)cn3)n2)nc1.N#Cc1ccc(-c2cc(-c3ccccc3)cc(-c3ccc(-c4cc(-c5ccccc5)nc(-c5ccccc5)n4)cn3)n2)nc1.c1ccc(-c2cc(-c3ccc(-c4cc(-c5cccc6ccccc56)cc(-c5ccccn5)n4)nc3)nc(-c3ccccc3)n2)cc1. The maximum atomic E-state index is 13.6. The molecule has 0 amide bonds. The number of aromatic nitrogens is 15. The molecule has 10 aromatic carbocycles. The molecule has 17 heteroatoms. The first kappa shape index (κ1) is 82.7. The third-order valence-corrected chi connectivity index (χ3v) is 22.3. The van der Waals surface area contributed by atoms with Crippen molar-refractivity contribution in [1.29, 1.82) is 5.26 Å². The first-order valence-corrected chi connectivity index (χ1v) is 43.2. The average molecular weight is 1710 g/mol. The first-order valence-electron chi connectivity index (χ1n) is 43.2. The Labute approximate surface area is 766 Å². The second-order valence-corrected chi connectivity index (χ2v) is 31.1. The molecule has 0 N–H and O–H groups in total. The standard InChI is InChI=1S/C41H27N5.C38H24N6.C37H24FN5/c1-3-13-29(14-4-1)37-26-38(46-41(45-37)30-15-5-2-6-16-30)31-21-22-36(43-27-31)40-25-32(24-39(44-40)35-20-9-10-23-42-35)34-19-11-17-28-12-7-8-18-33(28)34;39-23-26-16-18-32(40-24-26)36-20-31(27-10-4-1-5-11-27)21-37(42-36)33-19-17-30(25-41-33)35-22-34(28-12-6-2-7-13-28)43-38(44-35)29-14-8-3-9-15-29;38-30-17-19-32(40-24-30)36-21-29(25-10-4-1-5-11-25)20-35(41-36)31-18-16-28(23-39-31)34-22-33(26-12-6-2-7-13-26)42-37(43-34)27-14-8-3-9-15-27/h1-27H;1-22,24-25H;1-24H. The third kappa shape index (κ3) is 19.3. The number of halogens is 1. The summed E-state index contributed by atoms with van der Waals surface area (Å²) in [5.41, 5.74) is 28.8. The summed E-state index contributed by atoms with van der Waals surface area (Å²) in [6, 6.07) is 140. The Hall–Kier alpha value is -18.5. The zero-order valence-electron chi connectivity index (χ0n) is 71.3. The summed E-state index contributed by atoms with van der Waals surface area (Å²) in [6.07, 6.45) is 10.1. The van der Waals surface area contributed by atoms with Gasteiger partial charge < -0.3 is 0 Å². The van der Waals surface area contributed by atoms with E-state index >= 15 is 0 Å². The largest absolute Gasteiger partial charge is 0.255 e. The lowest BCUT2D eigenvalue weighted by molar-refractivity contribution is 0.622. The number of fused-ring (bicyclic) bond motifs is 1. The van der Waals surface area contributed by atoms with Crippen LogP contribution in [0.2, 0.25) is 0 Å². The van der Waals surface area contributed by atoms with Gasteiger partial charge in [0.2, 0.25) is 0 Å². The molecule has 0 aliphatic rings. The molecule has 0 aliphatic carbocycles. The Morgan fingerprint density at radius 1 is 0.180 bits per heavy atom. The van der Waals surface area contributed by atoms with Gasteiger partial charge in [-0.3, -0.25) is 29.9 Å². The fraction of sp³-hybridized carbons (Fsp3) is 0. The molecule has 12 heterocycles. The Kier molecular flexibility index (Phi) is 24.1. The van der Waals surface area contributed by atoms with Gasteiger partial charge in [0.15, 0.2) is 17.5 Å². The predicted molar refractivity (Wildman–Crippen MR) is 526 cm³/mol. The minimum absolute atomic E-state index is 0.393. The highest BCUT2D eigenvalue weighted by Gasteiger charge is 2.21. The molecule has 0 saturated carbocycles. The quantitative estimate of drug-likeness (QED) is 0.0780. The van der Waals surface area contributed by atoms with E-state index in [2.05, 4.69) is 106 Å². The zero-order chi connectivity index (χ0) is 89.4. The van der Waals surface area contributed by atoms with Gasteiger partial charge in [-0.1, -0.05) is 291 Å². The predicted octanol–water partition coefficient (Wildman–Crippen LogP) is 27.2. The highest BCUT2D eigenvalue weighted by Crippen LogP contribution is 2.39. The van der Waals surface area contributed by atoms with Crippen LogP contribution >= 0.6 is 0 Å². The smallest absolute Gasteiger partial charge is 0.160 e. The fourth-order valence-corrected chi connectivity index (χ4v) is 15.6. The first-order chi connectivity index (χ1) is 65.7. The van der Waals surface area contributed by atoms with Crippen molar-refractivity contribution in [1.82, 2.24) is 74.8 Å². The monoisotopic (exact) mass is 1710 g/mol. The second kappa shape index (κ2) is 38.7. The van der Waals surface area contributed by atoms with Crippen molar-refractivity contribution in [3.05, 3.63) is 467 Å². The van der Waals surface area contributed by atoms with Gasteiger partial charge in [-0.15, -0.1) is 0 Å². The molecule has 0 radical (unpaired) electrons. The number of hydrogen-bond donors (Lipinski definition) is 0. The average Bonchev–Trinajstić information content (AvgIpc) is 0.717. The van der Waals surface area contributed by atoms with Crippen LogP contribution in [0, 0.1) is 17.1 Å². The van der Waals surface area contributed by atoms with Gasteiger partial charge in [-0.05, 0) is 172 Å². The highest BCUT2D eigenvalue weighted by atomic mass is 19.1. The van der Waals surface area contributed by atoms with Crippen LogP contribution in [0.15, 0.2) is 456 Å². The van der Waals surface area contributed by atoms with Crippen LogP contribution in [0.4, 0.5) is 4.39 Å². The van der Waals surface area contributed by atoms with Crippen LogP contribution in [-0.4, -0.2) is 74.8 Å². The number of rotatable bonds is 18. The van der Waals surface area contributed by atoms with Crippen molar-refractivity contribution in [2.45, 2.75) is 0 Å². The Bertz CT molecular complexity index is 7680. The molecule has 0 bridgehead atoms. The molecule has 133 heavy (non-hydrogen) atoms. The number of hydrogen-bond acceptors (Lipinski definition) is 16. The van der Waals surface area contributed by atoms with E-state index in [-0.39, 0.29) is 0 Å².